The normalized spacial score (nSPS) is 11.4. The fourth-order valence-electron chi connectivity index (χ4n) is 0.431. The van der Waals surface area contributed by atoms with E-state index in [0.29, 0.717) is 16.2 Å². The zero-order valence-electron chi connectivity index (χ0n) is 23.2. The molecule has 2 N–H and O–H groups in total. The Morgan fingerprint density at radius 2 is 0.800 bits per heavy atom. The second-order valence-electron chi connectivity index (χ2n) is 11.8. The second kappa shape index (κ2) is 18.0. The predicted molar refractivity (Wildman–Crippen MR) is 132 cm³/mol. The molecule has 0 bridgehead atoms. The summed E-state index contributed by atoms with van der Waals surface area (Å²) in [6, 6.07) is 0. The van der Waals surface area contributed by atoms with Crippen LogP contribution in [0.25, 0.3) is 0 Å². The zero-order chi connectivity index (χ0) is 25.0. The summed E-state index contributed by atoms with van der Waals surface area (Å²) >= 11 is 4.64. The van der Waals surface area contributed by atoms with E-state index < -0.39 is 0 Å². The van der Waals surface area contributed by atoms with Gasteiger partial charge in [0.1, 0.15) is 0 Å². The van der Waals surface area contributed by atoms with Crippen molar-refractivity contribution in [3.63, 3.8) is 0 Å². The fraction of sp³-hybridized carbons (Fsp3) is 0.880. The molecule has 0 aromatic heterocycles. The molecule has 5 heteroatoms. The first-order valence-electron chi connectivity index (χ1n) is 10.5. The van der Waals surface area contributed by atoms with Crippen molar-refractivity contribution in [3.8, 4) is 0 Å². The molecule has 0 aromatic carbocycles. The number of hydrogen-bond donors (Lipinski definition) is 0. The van der Waals surface area contributed by atoms with E-state index in [0.717, 1.165) is 10.0 Å². The minimum Gasteiger partial charge on any atom is -0.412 e. The van der Waals surface area contributed by atoms with Gasteiger partial charge in [0.05, 0.1) is 0 Å². The smallest absolute Gasteiger partial charge is 0 e. The Labute approximate surface area is 225 Å². The van der Waals surface area contributed by atoms with Crippen LogP contribution in [0.4, 0.5) is 0 Å². The maximum absolute atomic E-state index is 5.39. The van der Waals surface area contributed by atoms with E-state index in [-0.39, 0.29) is 12.5 Å². The first-order chi connectivity index (χ1) is 12.2. The molecule has 0 fully saturated rings. The minimum absolute atomic E-state index is 0. The Bertz CT molecular complexity index is 463. The van der Waals surface area contributed by atoms with Gasteiger partial charge in [-0.15, -0.1) is 0 Å². The van der Waals surface area contributed by atoms with Gasteiger partial charge in [-0.25, -0.2) is 0 Å². The standard InChI is InChI=1S/C7H16.C6H12O.2C6H12.H2O.3W.H2/c1-6(2)7(3,4)5;1-5-7-6(2,3)4;2*1-5-6(2,3)4;;;;;/h6H,1-5H3;1-4H3;2*1-4H3;1H2;;;;1H. The van der Waals surface area contributed by atoms with Gasteiger partial charge in [-0.1, -0.05) is 34.6 Å². The van der Waals surface area contributed by atoms with E-state index in [2.05, 4.69) is 111 Å². The molecule has 0 spiro atoms. The summed E-state index contributed by atoms with van der Waals surface area (Å²) in [4.78, 5) is 0. The van der Waals surface area contributed by atoms with Gasteiger partial charge in [0.15, 0.2) is 0 Å². The summed E-state index contributed by atoms with van der Waals surface area (Å²) in [7, 11) is 0. The first kappa shape index (κ1) is 41.8. The Morgan fingerprint density at radius 1 is 0.633 bits per heavy atom. The molecule has 0 atom stereocenters. The van der Waals surface area contributed by atoms with Gasteiger partial charge < -0.3 is 5.48 Å². The predicted octanol–water partition coefficient (Wildman–Crippen LogP) is 7.15. The van der Waals surface area contributed by atoms with Gasteiger partial charge in [0.2, 0.25) is 0 Å². The number of ether oxygens (including phenoxy) is 1. The van der Waals surface area contributed by atoms with Crippen LogP contribution in [-0.4, -0.2) is 23.0 Å². The van der Waals surface area contributed by atoms with Crippen LogP contribution in [0.1, 0.15) is 119 Å². The van der Waals surface area contributed by atoms with Crippen molar-refractivity contribution >= 4 is 11.9 Å². The van der Waals surface area contributed by atoms with Crippen LogP contribution in [0.2, 0.25) is 0 Å². The quantitative estimate of drug-likeness (QED) is 0.276. The third-order valence-electron chi connectivity index (χ3n) is 4.29. The summed E-state index contributed by atoms with van der Waals surface area (Å²) in [6.45, 7) is 37.3. The third-order valence-corrected chi connectivity index (χ3v) is 8.99. The molecule has 0 aliphatic rings. The molecule has 186 valence electrons. The van der Waals surface area contributed by atoms with Gasteiger partial charge in [-0.3, -0.25) is 0 Å². The molecule has 0 unspecified atom stereocenters. The molecule has 0 saturated heterocycles. The summed E-state index contributed by atoms with van der Waals surface area (Å²) in [5.74, 6) is 0.799. The molecule has 0 aromatic rings. The van der Waals surface area contributed by atoms with E-state index in [9.17, 15) is 0 Å². The number of hydrogen-bond acceptors (Lipinski definition) is 1. The SMILES string of the molecule is CC(C)C(C)(C)C.C[C](=[W])C(C)(C)C.C[C](=[W])C(C)(C)C.C[C](=[W])OC(C)(C)C.O.[HH]. The largest absolute Gasteiger partial charge is 0.412 e. The minimum atomic E-state index is 0. The second-order valence-corrected chi connectivity index (χ2v) is 18.3. The van der Waals surface area contributed by atoms with Crippen molar-refractivity contribution in [2.24, 2.45) is 22.2 Å². The summed E-state index contributed by atoms with van der Waals surface area (Å²) < 4.78 is 9.65. The van der Waals surface area contributed by atoms with Crippen LogP contribution in [0.15, 0.2) is 0 Å². The Kier molecular flexibility index (Phi) is 25.1. The van der Waals surface area contributed by atoms with E-state index in [1.54, 1.807) is 46.5 Å². The average Bonchev–Trinajstić information content (AvgIpc) is 2.33. The molecular formula is C25H56O2W3. The Balaban J connectivity index is -0.0000000659. The topological polar surface area (TPSA) is 40.7 Å². The summed E-state index contributed by atoms with van der Waals surface area (Å²) in [5.41, 5.74) is 1.41. The molecular weight excluding hydrogens is 884 g/mol. The average molecular weight is 940 g/mol. The maximum atomic E-state index is 5.39. The van der Waals surface area contributed by atoms with Crippen molar-refractivity contribution in [1.29, 1.82) is 0 Å². The molecule has 0 rings (SSSR count). The van der Waals surface area contributed by atoms with Crippen LogP contribution < -0.4 is 0 Å². The molecule has 0 radical (unpaired) electrons. The van der Waals surface area contributed by atoms with Gasteiger partial charge in [-0.05, 0) is 11.3 Å². The molecule has 0 amide bonds. The van der Waals surface area contributed by atoms with Crippen LogP contribution >= 0.6 is 0 Å². The third kappa shape index (κ3) is 40.0. The van der Waals surface area contributed by atoms with Crippen molar-refractivity contribution in [2.45, 2.75) is 123 Å². The fourth-order valence-corrected chi connectivity index (χ4v) is 1.33. The zero-order valence-corrected chi connectivity index (χ0v) is 32.0. The monoisotopic (exact) mass is 940 g/mol. The molecule has 2 nitrogen and oxygen atoms in total. The summed E-state index contributed by atoms with van der Waals surface area (Å²) in [5, 5.41) is 0. The molecule has 0 saturated carbocycles. The molecule has 30 heavy (non-hydrogen) atoms. The van der Waals surface area contributed by atoms with Gasteiger partial charge in [0.25, 0.3) is 0 Å². The van der Waals surface area contributed by atoms with Gasteiger partial charge in [0, 0.05) is 1.43 Å². The van der Waals surface area contributed by atoms with Crippen LogP contribution in [0, 0.1) is 22.2 Å². The Hall–Kier alpha value is 1.59. The van der Waals surface area contributed by atoms with Crippen LogP contribution in [0.5, 0.6) is 0 Å². The van der Waals surface area contributed by atoms with Crippen LogP contribution in [0.3, 0.4) is 0 Å². The van der Waals surface area contributed by atoms with Crippen molar-refractivity contribution in [3.05, 3.63) is 0 Å². The maximum Gasteiger partial charge on any atom is 0 e. The van der Waals surface area contributed by atoms with E-state index in [1.807, 2.05) is 6.92 Å². The van der Waals surface area contributed by atoms with E-state index in [1.165, 1.54) is 19.4 Å². The van der Waals surface area contributed by atoms with Gasteiger partial charge in [-0.2, -0.15) is 0 Å². The van der Waals surface area contributed by atoms with Crippen LogP contribution in [-0.2, 0) is 62.8 Å². The molecule has 0 heterocycles. The molecule has 0 aliphatic heterocycles. The van der Waals surface area contributed by atoms with Crippen molar-refractivity contribution < 1.29 is 69.7 Å². The summed E-state index contributed by atoms with van der Waals surface area (Å²) in [6.07, 6.45) is 0. The van der Waals surface area contributed by atoms with E-state index in [4.69, 9.17) is 4.74 Å². The molecule has 0 aliphatic carbocycles. The van der Waals surface area contributed by atoms with Crippen molar-refractivity contribution in [1.82, 2.24) is 0 Å². The first-order valence-corrected chi connectivity index (χ1v) is 14.9. The van der Waals surface area contributed by atoms with E-state index >= 15 is 0 Å². The van der Waals surface area contributed by atoms with Crippen molar-refractivity contribution in [2.75, 3.05) is 0 Å². The van der Waals surface area contributed by atoms with Gasteiger partial charge >= 0.3 is 174 Å². The number of rotatable bonds is 1. The Morgan fingerprint density at radius 3 is 0.800 bits per heavy atom.